The van der Waals surface area contributed by atoms with Crippen molar-refractivity contribution in [1.29, 1.82) is 0 Å². The number of ether oxygens (including phenoxy) is 1. The summed E-state index contributed by atoms with van der Waals surface area (Å²) in [6.45, 7) is 2.00. The summed E-state index contributed by atoms with van der Waals surface area (Å²) >= 11 is 0. The number of nitrogens with zero attached hydrogens (tertiary/aromatic N) is 5. The molecule has 3 aromatic rings. The maximum Gasteiger partial charge on any atom is 0.341 e. The van der Waals surface area contributed by atoms with E-state index in [0.29, 0.717) is 34.0 Å². The van der Waals surface area contributed by atoms with Gasteiger partial charge in [-0.3, -0.25) is 14.5 Å². The highest BCUT2D eigenvalue weighted by molar-refractivity contribution is 6.21. The van der Waals surface area contributed by atoms with Gasteiger partial charge in [0.1, 0.15) is 23.6 Å². The molecule has 0 spiro atoms. The minimum absolute atomic E-state index is 0.157. The lowest BCUT2D eigenvalue weighted by Gasteiger charge is -2.11. The van der Waals surface area contributed by atoms with Gasteiger partial charge in [-0.25, -0.2) is 4.79 Å². The largest absolute Gasteiger partial charge is 0.465 e. The van der Waals surface area contributed by atoms with Gasteiger partial charge in [0.15, 0.2) is 5.82 Å². The molecule has 0 saturated carbocycles. The zero-order valence-corrected chi connectivity index (χ0v) is 15.8. The van der Waals surface area contributed by atoms with Crippen LogP contribution in [0.4, 0.5) is 0 Å². The predicted octanol–water partition coefficient (Wildman–Crippen LogP) is 1.25. The van der Waals surface area contributed by atoms with E-state index in [9.17, 15) is 14.4 Å². The Bertz CT molecular complexity index is 1080. The van der Waals surface area contributed by atoms with Gasteiger partial charge in [0, 0.05) is 13.0 Å². The normalized spacial score (nSPS) is 13.1. The van der Waals surface area contributed by atoms with E-state index in [-0.39, 0.29) is 31.3 Å². The first-order valence-electron chi connectivity index (χ1n) is 8.87. The maximum absolute atomic E-state index is 12.4. The smallest absolute Gasteiger partial charge is 0.341 e. The number of fused-ring (bicyclic) bond motifs is 1. The van der Waals surface area contributed by atoms with Gasteiger partial charge < -0.3 is 9.15 Å². The topological polar surface area (TPSA) is 120 Å². The molecule has 4 rings (SSSR count). The second-order valence-corrected chi connectivity index (χ2v) is 6.47. The number of aromatic nitrogens is 4. The predicted molar refractivity (Wildman–Crippen MR) is 97.2 cm³/mol. The Kier molecular flexibility index (Phi) is 4.67. The highest BCUT2D eigenvalue weighted by Gasteiger charge is 2.34. The van der Waals surface area contributed by atoms with Crippen molar-refractivity contribution in [2.75, 3.05) is 13.7 Å². The van der Waals surface area contributed by atoms with E-state index < -0.39 is 5.97 Å². The van der Waals surface area contributed by atoms with Gasteiger partial charge in [-0.15, -0.1) is 10.2 Å². The van der Waals surface area contributed by atoms with Gasteiger partial charge in [-0.05, 0) is 30.3 Å². The zero-order chi connectivity index (χ0) is 20.5. The van der Waals surface area contributed by atoms with E-state index in [1.165, 1.54) is 16.8 Å². The average Bonchev–Trinajstić information content (AvgIpc) is 3.38. The van der Waals surface area contributed by atoms with Gasteiger partial charge in [-0.2, -0.15) is 4.80 Å². The molecule has 0 aliphatic carbocycles. The monoisotopic (exact) mass is 395 g/mol. The van der Waals surface area contributed by atoms with Gasteiger partial charge in [0.05, 0.1) is 18.2 Å². The number of hydrogen-bond donors (Lipinski definition) is 0. The fraction of sp³-hybridized carbons (Fsp3) is 0.263. The molecule has 1 aromatic carbocycles. The van der Waals surface area contributed by atoms with Crippen molar-refractivity contribution in [3.05, 3.63) is 64.4 Å². The molecule has 0 fully saturated rings. The minimum Gasteiger partial charge on any atom is -0.465 e. The molecule has 0 saturated heterocycles. The van der Waals surface area contributed by atoms with Crippen LogP contribution < -0.4 is 0 Å². The lowest BCUT2D eigenvalue weighted by Crippen LogP contribution is -2.32. The van der Waals surface area contributed by atoms with Gasteiger partial charge >= 0.3 is 5.97 Å². The number of furan rings is 1. The molecule has 0 bridgehead atoms. The molecule has 0 radical (unpaired) electrons. The van der Waals surface area contributed by atoms with E-state index in [2.05, 4.69) is 15.4 Å². The van der Waals surface area contributed by atoms with Crippen LogP contribution in [0.25, 0.3) is 0 Å². The zero-order valence-electron chi connectivity index (χ0n) is 15.8. The molecule has 2 amide bonds. The Morgan fingerprint density at radius 1 is 1.17 bits per heavy atom. The molecule has 1 aliphatic rings. The van der Waals surface area contributed by atoms with Crippen LogP contribution in [0.5, 0.6) is 0 Å². The number of amides is 2. The quantitative estimate of drug-likeness (QED) is 0.452. The van der Waals surface area contributed by atoms with Crippen LogP contribution in [0.1, 0.15) is 48.4 Å². The second kappa shape index (κ2) is 7.30. The average molecular weight is 395 g/mol. The number of carbonyl (C=O) groups excluding carboxylic acids is 3. The summed E-state index contributed by atoms with van der Waals surface area (Å²) in [7, 11) is 1.30. The number of esters is 1. The molecule has 0 unspecified atom stereocenters. The lowest BCUT2D eigenvalue weighted by molar-refractivity contribution is 0.0596. The molecule has 1 aliphatic heterocycles. The maximum atomic E-state index is 12.4. The second-order valence-electron chi connectivity index (χ2n) is 6.47. The molecule has 0 atom stereocenters. The summed E-state index contributed by atoms with van der Waals surface area (Å²) in [6, 6.07) is 8.30. The summed E-state index contributed by atoms with van der Waals surface area (Å²) in [6.07, 6.45) is 0.274. The van der Waals surface area contributed by atoms with Crippen molar-refractivity contribution in [3.8, 4) is 0 Å². The van der Waals surface area contributed by atoms with E-state index in [4.69, 9.17) is 9.15 Å². The molecule has 148 valence electrons. The van der Waals surface area contributed by atoms with E-state index in [1.54, 1.807) is 37.3 Å². The SMILES string of the molecule is COC(=O)c1cc(Cn2nnc(CCN3C(=O)c4ccccc4C3=O)n2)oc1C. The molecular formula is C19H17N5O5. The Morgan fingerprint density at radius 2 is 1.86 bits per heavy atom. The van der Waals surface area contributed by atoms with Crippen LogP contribution in [0.15, 0.2) is 34.7 Å². The number of methoxy groups -OCH3 is 1. The molecule has 0 N–H and O–H groups in total. The Balaban J connectivity index is 1.40. The van der Waals surface area contributed by atoms with Crippen LogP contribution in [0.2, 0.25) is 0 Å². The Morgan fingerprint density at radius 3 is 2.52 bits per heavy atom. The van der Waals surface area contributed by atoms with E-state index in [0.717, 1.165) is 0 Å². The number of imide groups is 1. The lowest BCUT2D eigenvalue weighted by atomic mass is 10.1. The standard InChI is InChI=1S/C19H17N5O5/c1-11-15(19(27)28-2)9-12(29-11)10-24-21-16(20-22-24)7-8-23-17(25)13-5-3-4-6-14(13)18(23)26/h3-6,9H,7-8,10H2,1-2H3. The minimum atomic E-state index is -0.481. The van der Waals surface area contributed by atoms with Crippen LogP contribution in [0, 0.1) is 6.92 Å². The van der Waals surface area contributed by atoms with Crippen molar-refractivity contribution in [3.63, 3.8) is 0 Å². The van der Waals surface area contributed by atoms with E-state index in [1.807, 2.05) is 0 Å². The van der Waals surface area contributed by atoms with Crippen molar-refractivity contribution in [2.24, 2.45) is 0 Å². The number of rotatable bonds is 6. The molecule has 10 nitrogen and oxygen atoms in total. The van der Waals surface area contributed by atoms with Gasteiger partial charge in [-0.1, -0.05) is 12.1 Å². The third kappa shape index (κ3) is 3.40. The Hall–Kier alpha value is -3.82. The van der Waals surface area contributed by atoms with Crippen LogP contribution in [-0.4, -0.2) is 56.5 Å². The number of carbonyl (C=O) groups is 3. The van der Waals surface area contributed by atoms with Gasteiger partial charge in [0.2, 0.25) is 0 Å². The highest BCUT2D eigenvalue weighted by Crippen LogP contribution is 2.22. The summed E-state index contributed by atoms with van der Waals surface area (Å²) in [5.74, 6) is 0.188. The summed E-state index contributed by atoms with van der Waals surface area (Å²) < 4.78 is 10.2. The first kappa shape index (κ1) is 18.5. The molecular weight excluding hydrogens is 378 g/mol. The number of benzene rings is 1. The van der Waals surface area contributed by atoms with Crippen molar-refractivity contribution in [1.82, 2.24) is 25.1 Å². The fourth-order valence-corrected chi connectivity index (χ4v) is 3.17. The Labute approximate surface area is 165 Å². The first-order valence-corrected chi connectivity index (χ1v) is 8.87. The van der Waals surface area contributed by atoms with Crippen LogP contribution in [-0.2, 0) is 17.7 Å². The molecule has 29 heavy (non-hydrogen) atoms. The summed E-state index contributed by atoms with van der Waals surface area (Å²) in [5, 5.41) is 12.1. The van der Waals surface area contributed by atoms with Crippen LogP contribution in [0.3, 0.4) is 0 Å². The summed E-state index contributed by atoms with van der Waals surface area (Å²) in [5.41, 5.74) is 1.15. The number of hydrogen-bond acceptors (Lipinski definition) is 8. The molecule has 3 heterocycles. The third-order valence-electron chi connectivity index (χ3n) is 4.60. The molecule has 10 heteroatoms. The fourth-order valence-electron chi connectivity index (χ4n) is 3.17. The van der Waals surface area contributed by atoms with Crippen molar-refractivity contribution in [2.45, 2.75) is 19.9 Å². The van der Waals surface area contributed by atoms with Crippen molar-refractivity contribution < 1.29 is 23.5 Å². The third-order valence-corrected chi connectivity index (χ3v) is 4.60. The van der Waals surface area contributed by atoms with Crippen molar-refractivity contribution >= 4 is 17.8 Å². The van der Waals surface area contributed by atoms with E-state index >= 15 is 0 Å². The first-order chi connectivity index (χ1) is 14.0. The molecule has 2 aromatic heterocycles. The summed E-state index contributed by atoms with van der Waals surface area (Å²) in [4.78, 5) is 38.9. The van der Waals surface area contributed by atoms with Gasteiger partial charge in [0.25, 0.3) is 11.8 Å². The highest BCUT2D eigenvalue weighted by atomic mass is 16.5. The van der Waals surface area contributed by atoms with Crippen LogP contribution >= 0.6 is 0 Å². The number of tetrazole rings is 1. The number of aryl methyl sites for hydroxylation is 1.